The van der Waals surface area contributed by atoms with Crippen LogP contribution in [0.1, 0.15) is 34.0 Å². The molecule has 4 rings (SSSR count). The average molecular weight is 423 g/mol. The Morgan fingerprint density at radius 1 is 1.17 bits per heavy atom. The Morgan fingerprint density at radius 3 is 2.60 bits per heavy atom. The highest BCUT2D eigenvalue weighted by molar-refractivity contribution is 8.00. The molecule has 2 aromatic carbocycles. The van der Waals surface area contributed by atoms with Gasteiger partial charge in [-0.1, -0.05) is 12.1 Å². The van der Waals surface area contributed by atoms with Crippen molar-refractivity contribution in [3.63, 3.8) is 0 Å². The predicted octanol–water partition coefficient (Wildman–Crippen LogP) is 4.70. The molecule has 0 aliphatic carbocycles. The van der Waals surface area contributed by atoms with Crippen LogP contribution in [0, 0.1) is 0 Å². The van der Waals surface area contributed by atoms with E-state index in [1.165, 1.54) is 0 Å². The number of benzene rings is 2. The molecule has 0 radical (unpaired) electrons. The van der Waals surface area contributed by atoms with Crippen molar-refractivity contribution in [3.05, 3.63) is 83.8 Å². The van der Waals surface area contributed by atoms with Gasteiger partial charge in [-0.15, -0.1) is 11.8 Å². The van der Waals surface area contributed by atoms with Gasteiger partial charge in [-0.3, -0.25) is 9.59 Å². The normalized spacial score (nSPS) is 16.0. The molecule has 6 nitrogen and oxygen atoms in total. The van der Waals surface area contributed by atoms with Crippen LogP contribution >= 0.6 is 11.8 Å². The van der Waals surface area contributed by atoms with E-state index in [0.717, 1.165) is 17.1 Å². The summed E-state index contributed by atoms with van der Waals surface area (Å²) in [6.07, 6.45) is 1.61. The molecular formula is C23H22N2O4S. The molecule has 0 unspecified atom stereocenters. The van der Waals surface area contributed by atoms with Crippen LogP contribution in [-0.4, -0.2) is 29.1 Å². The Morgan fingerprint density at radius 2 is 1.93 bits per heavy atom. The molecule has 154 valence electrons. The van der Waals surface area contributed by atoms with Gasteiger partial charge in [-0.05, 0) is 61.0 Å². The number of amides is 2. The molecule has 2 heterocycles. The summed E-state index contributed by atoms with van der Waals surface area (Å²) in [5.41, 5.74) is 2.24. The lowest BCUT2D eigenvalue weighted by atomic mass is 10.1. The number of nitrogens with one attached hydrogen (secondary N) is 1. The third-order valence-electron chi connectivity index (χ3n) is 4.76. The molecule has 7 heteroatoms. The second kappa shape index (κ2) is 9.09. The van der Waals surface area contributed by atoms with E-state index in [1.54, 1.807) is 35.1 Å². The SMILES string of the molecule is CCOc1ccc(NC(=O)c2ccc([C@@H]3SCC(=O)N3Cc3ccco3)cc2)cc1. The number of furan rings is 1. The van der Waals surface area contributed by atoms with Crippen LogP contribution in [0.5, 0.6) is 5.75 Å². The van der Waals surface area contributed by atoms with E-state index < -0.39 is 0 Å². The zero-order chi connectivity index (χ0) is 20.9. The topological polar surface area (TPSA) is 71.8 Å². The molecule has 3 aromatic rings. The zero-order valence-corrected chi connectivity index (χ0v) is 17.4. The van der Waals surface area contributed by atoms with Gasteiger partial charge in [0.1, 0.15) is 16.9 Å². The Bertz CT molecular complexity index is 1000. The quantitative estimate of drug-likeness (QED) is 0.597. The summed E-state index contributed by atoms with van der Waals surface area (Å²) in [5, 5.41) is 2.79. The highest BCUT2D eigenvalue weighted by Crippen LogP contribution is 2.39. The van der Waals surface area contributed by atoms with Gasteiger partial charge in [-0.25, -0.2) is 0 Å². The number of thioether (sulfide) groups is 1. The highest BCUT2D eigenvalue weighted by atomic mass is 32.2. The minimum atomic E-state index is -0.187. The summed E-state index contributed by atoms with van der Waals surface area (Å²) >= 11 is 1.58. The van der Waals surface area contributed by atoms with E-state index in [0.29, 0.717) is 30.2 Å². The third-order valence-corrected chi connectivity index (χ3v) is 6.01. The monoisotopic (exact) mass is 422 g/mol. The molecule has 1 saturated heterocycles. The van der Waals surface area contributed by atoms with E-state index in [2.05, 4.69) is 5.32 Å². The molecule has 1 fully saturated rings. The minimum Gasteiger partial charge on any atom is -0.494 e. The molecule has 1 atom stereocenters. The van der Waals surface area contributed by atoms with Crippen molar-refractivity contribution in [1.29, 1.82) is 0 Å². The van der Waals surface area contributed by atoms with Crippen LogP contribution in [0.15, 0.2) is 71.3 Å². The summed E-state index contributed by atoms with van der Waals surface area (Å²) in [7, 11) is 0. The zero-order valence-electron chi connectivity index (χ0n) is 16.5. The summed E-state index contributed by atoms with van der Waals surface area (Å²) in [5.74, 6) is 1.85. The predicted molar refractivity (Wildman–Crippen MR) is 116 cm³/mol. The molecule has 1 N–H and O–H groups in total. The number of hydrogen-bond acceptors (Lipinski definition) is 5. The van der Waals surface area contributed by atoms with E-state index in [1.807, 2.05) is 55.5 Å². The second-order valence-electron chi connectivity index (χ2n) is 6.80. The summed E-state index contributed by atoms with van der Waals surface area (Å²) in [6, 6.07) is 18.3. The van der Waals surface area contributed by atoms with Gasteiger partial charge in [0, 0.05) is 11.3 Å². The van der Waals surface area contributed by atoms with Crippen molar-refractivity contribution in [2.24, 2.45) is 0 Å². The van der Waals surface area contributed by atoms with E-state index in [9.17, 15) is 9.59 Å². The summed E-state index contributed by atoms with van der Waals surface area (Å²) < 4.78 is 10.8. The van der Waals surface area contributed by atoms with E-state index in [-0.39, 0.29) is 17.2 Å². The molecule has 30 heavy (non-hydrogen) atoms. The van der Waals surface area contributed by atoms with Crippen LogP contribution in [0.3, 0.4) is 0 Å². The number of carbonyl (C=O) groups is 2. The Hall–Kier alpha value is -3.19. The highest BCUT2D eigenvalue weighted by Gasteiger charge is 2.33. The maximum Gasteiger partial charge on any atom is 0.255 e. The van der Waals surface area contributed by atoms with Gasteiger partial charge in [0.2, 0.25) is 5.91 Å². The van der Waals surface area contributed by atoms with Crippen molar-refractivity contribution in [1.82, 2.24) is 4.90 Å². The Kier molecular flexibility index (Phi) is 6.09. The van der Waals surface area contributed by atoms with Crippen LogP contribution in [0.25, 0.3) is 0 Å². The number of anilines is 1. The van der Waals surface area contributed by atoms with Crippen LogP contribution in [-0.2, 0) is 11.3 Å². The van der Waals surface area contributed by atoms with Crippen molar-refractivity contribution < 1.29 is 18.7 Å². The van der Waals surface area contributed by atoms with Crippen molar-refractivity contribution in [2.75, 3.05) is 17.7 Å². The fourth-order valence-corrected chi connectivity index (χ4v) is 4.46. The van der Waals surface area contributed by atoms with Crippen LogP contribution in [0.4, 0.5) is 5.69 Å². The largest absolute Gasteiger partial charge is 0.494 e. The van der Waals surface area contributed by atoms with Crippen molar-refractivity contribution in [2.45, 2.75) is 18.8 Å². The van der Waals surface area contributed by atoms with Crippen molar-refractivity contribution in [3.8, 4) is 5.75 Å². The number of nitrogens with zero attached hydrogens (tertiary/aromatic N) is 1. The van der Waals surface area contributed by atoms with Gasteiger partial charge < -0.3 is 19.4 Å². The first-order chi connectivity index (χ1) is 14.6. The third kappa shape index (κ3) is 4.52. The number of rotatable bonds is 7. The van der Waals surface area contributed by atoms with Crippen LogP contribution < -0.4 is 10.1 Å². The van der Waals surface area contributed by atoms with Gasteiger partial charge in [0.15, 0.2) is 0 Å². The van der Waals surface area contributed by atoms with Gasteiger partial charge >= 0.3 is 0 Å². The number of carbonyl (C=O) groups excluding carboxylic acids is 2. The molecule has 1 aliphatic heterocycles. The number of hydrogen-bond donors (Lipinski definition) is 1. The molecule has 1 aromatic heterocycles. The fourth-order valence-electron chi connectivity index (χ4n) is 3.28. The van der Waals surface area contributed by atoms with Gasteiger partial charge in [0.25, 0.3) is 5.91 Å². The maximum absolute atomic E-state index is 12.6. The molecule has 0 spiro atoms. The lowest BCUT2D eigenvalue weighted by Crippen LogP contribution is -2.27. The summed E-state index contributed by atoms with van der Waals surface area (Å²) in [4.78, 5) is 26.7. The fraction of sp³-hybridized carbons (Fsp3) is 0.217. The van der Waals surface area contributed by atoms with Gasteiger partial charge in [0.05, 0.1) is 25.2 Å². The molecule has 2 amide bonds. The molecule has 0 saturated carbocycles. The molecule has 1 aliphatic rings. The Balaban J connectivity index is 1.42. The van der Waals surface area contributed by atoms with Crippen molar-refractivity contribution >= 4 is 29.3 Å². The number of ether oxygens (including phenoxy) is 1. The molecular weight excluding hydrogens is 400 g/mol. The molecule has 0 bridgehead atoms. The van der Waals surface area contributed by atoms with E-state index >= 15 is 0 Å². The minimum absolute atomic E-state index is 0.0821. The van der Waals surface area contributed by atoms with Gasteiger partial charge in [-0.2, -0.15) is 0 Å². The van der Waals surface area contributed by atoms with Crippen LogP contribution in [0.2, 0.25) is 0 Å². The maximum atomic E-state index is 12.6. The first-order valence-electron chi connectivity index (χ1n) is 9.71. The first-order valence-corrected chi connectivity index (χ1v) is 10.8. The standard InChI is InChI=1S/C23H22N2O4S/c1-2-28-19-11-9-18(10-12-19)24-22(27)16-5-7-17(8-6-16)23-25(21(26)15-30-23)14-20-4-3-13-29-20/h3-13,23H,2,14-15H2,1H3,(H,24,27)/t23-/m0/s1. The first kappa shape index (κ1) is 20.1. The lowest BCUT2D eigenvalue weighted by molar-refractivity contribution is -0.128. The summed E-state index contributed by atoms with van der Waals surface area (Å²) in [6.45, 7) is 2.96. The second-order valence-corrected chi connectivity index (χ2v) is 7.87. The average Bonchev–Trinajstić information content (AvgIpc) is 3.40. The van der Waals surface area contributed by atoms with E-state index in [4.69, 9.17) is 9.15 Å². The smallest absolute Gasteiger partial charge is 0.255 e. The lowest BCUT2D eigenvalue weighted by Gasteiger charge is -2.23. The Labute approximate surface area is 179 Å².